The lowest BCUT2D eigenvalue weighted by atomic mass is 9.87. The van der Waals surface area contributed by atoms with E-state index in [1.165, 1.54) is 0 Å². The molecule has 0 spiro atoms. The van der Waals surface area contributed by atoms with Gasteiger partial charge in [0.25, 0.3) is 0 Å². The molecule has 2 atom stereocenters. The molecule has 7 heteroatoms. The molecule has 1 saturated heterocycles. The van der Waals surface area contributed by atoms with Crippen LogP contribution in [0.3, 0.4) is 0 Å². The lowest BCUT2D eigenvalue weighted by Gasteiger charge is -2.35. The Kier molecular flexibility index (Phi) is 8.14. The Labute approximate surface area is 183 Å². The van der Waals surface area contributed by atoms with Crippen molar-refractivity contribution in [3.63, 3.8) is 0 Å². The van der Waals surface area contributed by atoms with Crippen LogP contribution < -0.4 is 19.5 Å². The Morgan fingerprint density at radius 1 is 1.10 bits per heavy atom. The van der Waals surface area contributed by atoms with Crippen molar-refractivity contribution in [2.75, 3.05) is 47.5 Å². The molecule has 0 saturated carbocycles. The molecule has 2 unspecified atom stereocenters. The third kappa shape index (κ3) is 6.12. The molecule has 1 aliphatic rings. The van der Waals surface area contributed by atoms with Crippen LogP contribution in [0.5, 0.6) is 17.2 Å². The molecule has 0 radical (unpaired) electrons. The fourth-order valence-electron chi connectivity index (χ4n) is 4.04. The Hall–Kier alpha value is -2.77. The number of rotatable bonds is 9. The lowest BCUT2D eigenvalue weighted by molar-refractivity contribution is -0.123. The molecular formula is C24H32N2O5. The second kappa shape index (κ2) is 11.0. The molecule has 1 aliphatic heterocycles. The predicted octanol–water partition coefficient (Wildman–Crippen LogP) is 2.22. The largest absolute Gasteiger partial charge is 0.497 e. The zero-order valence-corrected chi connectivity index (χ0v) is 18.5. The summed E-state index contributed by atoms with van der Waals surface area (Å²) >= 11 is 0. The van der Waals surface area contributed by atoms with Crippen molar-refractivity contribution in [3.8, 4) is 17.2 Å². The standard InChI is InChI=1S/C24H32N2O5/c1-29-19-6-4-5-18(14-19)20-10-12-26(15-21(20)27)16-24(28)25-11-9-17-7-8-22(30-2)23(13-17)31-3/h4-8,13-14,20-21,27H,9-12,15-16H2,1-3H3,(H,25,28). The molecule has 0 bridgehead atoms. The van der Waals surface area contributed by atoms with E-state index in [2.05, 4.69) is 5.32 Å². The van der Waals surface area contributed by atoms with E-state index in [0.29, 0.717) is 31.0 Å². The normalized spacial score (nSPS) is 19.0. The summed E-state index contributed by atoms with van der Waals surface area (Å²) in [6.45, 7) is 2.07. The second-order valence-corrected chi connectivity index (χ2v) is 7.76. The maximum absolute atomic E-state index is 12.4. The van der Waals surface area contributed by atoms with Gasteiger partial charge in [-0.1, -0.05) is 18.2 Å². The topological polar surface area (TPSA) is 80.3 Å². The molecule has 0 aliphatic carbocycles. The van der Waals surface area contributed by atoms with Crippen LogP contribution in [-0.2, 0) is 11.2 Å². The number of hydrogen-bond acceptors (Lipinski definition) is 6. The van der Waals surface area contributed by atoms with E-state index in [4.69, 9.17) is 14.2 Å². The molecule has 2 aromatic rings. The van der Waals surface area contributed by atoms with Gasteiger partial charge in [0.15, 0.2) is 11.5 Å². The first-order valence-corrected chi connectivity index (χ1v) is 10.6. The van der Waals surface area contributed by atoms with E-state index in [1.54, 1.807) is 21.3 Å². The number of likely N-dealkylation sites (tertiary alicyclic amines) is 1. The number of amides is 1. The van der Waals surface area contributed by atoms with Crippen molar-refractivity contribution in [2.24, 2.45) is 0 Å². The smallest absolute Gasteiger partial charge is 0.234 e. The molecule has 168 valence electrons. The van der Waals surface area contributed by atoms with E-state index in [9.17, 15) is 9.90 Å². The number of hydrogen-bond donors (Lipinski definition) is 2. The summed E-state index contributed by atoms with van der Waals surface area (Å²) in [5, 5.41) is 13.6. The average Bonchev–Trinajstić information content (AvgIpc) is 2.79. The van der Waals surface area contributed by atoms with Gasteiger partial charge >= 0.3 is 0 Å². The number of aliphatic hydroxyl groups excluding tert-OH is 1. The van der Waals surface area contributed by atoms with Crippen LogP contribution in [-0.4, -0.2) is 69.5 Å². The zero-order chi connectivity index (χ0) is 22.2. The van der Waals surface area contributed by atoms with Crippen molar-refractivity contribution in [3.05, 3.63) is 53.6 Å². The van der Waals surface area contributed by atoms with E-state index in [1.807, 2.05) is 47.4 Å². The van der Waals surface area contributed by atoms with Gasteiger partial charge in [-0.2, -0.15) is 0 Å². The number of ether oxygens (including phenoxy) is 3. The van der Waals surface area contributed by atoms with E-state index in [0.717, 1.165) is 29.8 Å². The van der Waals surface area contributed by atoms with Crippen LogP contribution in [0.4, 0.5) is 0 Å². The monoisotopic (exact) mass is 428 g/mol. The summed E-state index contributed by atoms with van der Waals surface area (Å²) in [7, 11) is 4.85. The number of piperidine rings is 1. The molecule has 31 heavy (non-hydrogen) atoms. The highest BCUT2D eigenvalue weighted by molar-refractivity contribution is 5.78. The molecule has 2 N–H and O–H groups in total. The molecule has 1 fully saturated rings. The van der Waals surface area contributed by atoms with Gasteiger partial charge in [0.2, 0.25) is 5.91 Å². The maximum Gasteiger partial charge on any atom is 0.234 e. The van der Waals surface area contributed by atoms with Crippen LogP contribution >= 0.6 is 0 Å². The van der Waals surface area contributed by atoms with Crippen LogP contribution in [0.1, 0.15) is 23.5 Å². The number of nitrogens with zero attached hydrogens (tertiary/aromatic N) is 1. The minimum Gasteiger partial charge on any atom is -0.497 e. The molecule has 7 nitrogen and oxygen atoms in total. The predicted molar refractivity (Wildman–Crippen MR) is 119 cm³/mol. The minimum absolute atomic E-state index is 0.0347. The Morgan fingerprint density at radius 3 is 2.61 bits per heavy atom. The van der Waals surface area contributed by atoms with Crippen LogP contribution in [0.25, 0.3) is 0 Å². The molecule has 3 rings (SSSR count). The quantitative estimate of drug-likeness (QED) is 0.638. The fourth-order valence-corrected chi connectivity index (χ4v) is 4.04. The van der Waals surface area contributed by atoms with E-state index < -0.39 is 6.10 Å². The highest BCUT2D eigenvalue weighted by Gasteiger charge is 2.29. The van der Waals surface area contributed by atoms with Crippen LogP contribution in [0.2, 0.25) is 0 Å². The van der Waals surface area contributed by atoms with Crippen molar-refractivity contribution in [2.45, 2.75) is 24.9 Å². The van der Waals surface area contributed by atoms with Gasteiger partial charge in [-0.15, -0.1) is 0 Å². The molecule has 1 amide bonds. The number of methoxy groups -OCH3 is 3. The number of aliphatic hydroxyl groups is 1. The summed E-state index contributed by atoms with van der Waals surface area (Å²) in [5.41, 5.74) is 2.14. The Morgan fingerprint density at radius 2 is 1.90 bits per heavy atom. The second-order valence-electron chi connectivity index (χ2n) is 7.76. The van der Waals surface area contributed by atoms with Gasteiger partial charge in [0, 0.05) is 19.0 Å². The Balaban J connectivity index is 1.44. The van der Waals surface area contributed by atoms with E-state index in [-0.39, 0.29) is 18.4 Å². The first-order chi connectivity index (χ1) is 15.0. The van der Waals surface area contributed by atoms with Gasteiger partial charge in [-0.25, -0.2) is 0 Å². The average molecular weight is 429 g/mol. The number of carbonyl (C=O) groups is 1. The fraction of sp³-hybridized carbons (Fsp3) is 0.458. The first-order valence-electron chi connectivity index (χ1n) is 10.6. The summed E-state index contributed by atoms with van der Waals surface area (Å²) in [5.74, 6) is 2.18. The maximum atomic E-state index is 12.4. The number of carbonyl (C=O) groups excluding carboxylic acids is 1. The van der Waals surface area contributed by atoms with Crippen LogP contribution in [0.15, 0.2) is 42.5 Å². The summed E-state index contributed by atoms with van der Waals surface area (Å²) in [4.78, 5) is 14.4. The summed E-state index contributed by atoms with van der Waals surface area (Å²) < 4.78 is 15.9. The number of nitrogens with one attached hydrogen (secondary N) is 1. The molecule has 1 heterocycles. The van der Waals surface area contributed by atoms with Gasteiger partial charge < -0.3 is 24.6 Å². The highest BCUT2D eigenvalue weighted by Crippen LogP contribution is 2.30. The van der Waals surface area contributed by atoms with Gasteiger partial charge in [-0.05, 0) is 54.8 Å². The number of benzene rings is 2. The first kappa shape index (κ1) is 22.9. The van der Waals surface area contributed by atoms with Crippen LogP contribution in [0, 0.1) is 0 Å². The highest BCUT2D eigenvalue weighted by atomic mass is 16.5. The molecular weight excluding hydrogens is 396 g/mol. The molecule has 2 aromatic carbocycles. The third-order valence-electron chi connectivity index (χ3n) is 5.74. The SMILES string of the molecule is COc1cccc(C2CCN(CC(=O)NCCc3ccc(OC)c(OC)c3)CC2O)c1. The van der Waals surface area contributed by atoms with Gasteiger partial charge in [-0.3, -0.25) is 9.69 Å². The van der Waals surface area contributed by atoms with Crippen molar-refractivity contribution in [1.29, 1.82) is 0 Å². The van der Waals surface area contributed by atoms with Crippen molar-refractivity contribution in [1.82, 2.24) is 10.2 Å². The zero-order valence-electron chi connectivity index (χ0n) is 18.5. The van der Waals surface area contributed by atoms with Crippen molar-refractivity contribution < 1.29 is 24.1 Å². The van der Waals surface area contributed by atoms with Gasteiger partial charge in [0.05, 0.1) is 34.0 Å². The Bertz CT molecular complexity index is 873. The summed E-state index contributed by atoms with van der Waals surface area (Å²) in [6.07, 6.45) is 0.986. The third-order valence-corrected chi connectivity index (χ3v) is 5.74. The number of β-amino-alcohol motifs (C(OH)–C–C–N with tert-alkyl or cyclic N) is 1. The minimum atomic E-state index is -0.513. The van der Waals surface area contributed by atoms with E-state index >= 15 is 0 Å². The molecule has 0 aromatic heterocycles. The summed E-state index contributed by atoms with van der Waals surface area (Å²) in [6, 6.07) is 13.6. The van der Waals surface area contributed by atoms with Crippen molar-refractivity contribution >= 4 is 5.91 Å². The van der Waals surface area contributed by atoms with Gasteiger partial charge in [0.1, 0.15) is 5.75 Å². The lowest BCUT2D eigenvalue weighted by Crippen LogP contribution is -2.47.